The Morgan fingerprint density at radius 1 is 0.439 bits per heavy atom. The standard InChI is InChI=1S/C54H89O11P/c1-4-7-10-13-16-19-22-25-28-31-34-37-40-43-52(56)61-47-51(65-54(58)45-42-39-36-33-30-27-24-21-18-15-12-9-6-3)49-63-66(59,60)62-48-50(46-55)64-53(57)44-41-38-35-32-29-26-23-20-17-14-11-8-5-2/h7,9-10,12,16,18-21,23,25,27-28,30,34,37,50-51,55H,4-6,8,11,13-15,17,22,24,26,29,31-33,35-36,38-49H2,1-3H3,(H,59,60)/b10-7-,12-9-,19-16-,21-18-,23-20-,28-25-,30-27-,37-34-. The van der Waals surface area contributed by atoms with E-state index in [-0.39, 0.29) is 25.9 Å². The van der Waals surface area contributed by atoms with E-state index in [0.717, 1.165) is 103 Å². The minimum Gasteiger partial charge on any atom is -0.462 e. The summed E-state index contributed by atoms with van der Waals surface area (Å²) in [5.41, 5.74) is 0. The summed E-state index contributed by atoms with van der Waals surface area (Å²) < 4.78 is 39.2. The molecule has 0 aromatic heterocycles. The first-order valence-corrected chi connectivity index (χ1v) is 26.6. The smallest absolute Gasteiger partial charge is 0.462 e. The maximum Gasteiger partial charge on any atom is 0.472 e. The summed E-state index contributed by atoms with van der Waals surface area (Å²) in [6, 6.07) is 0. The average molecular weight is 945 g/mol. The first-order chi connectivity index (χ1) is 32.2. The molecule has 0 saturated heterocycles. The first-order valence-electron chi connectivity index (χ1n) is 25.1. The van der Waals surface area contributed by atoms with Crippen LogP contribution in [0.15, 0.2) is 97.2 Å². The number of aliphatic hydroxyl groups excluding tert-OH is 1. The van der Waals surface area contributed by atoms with Gasteiger partial charge in [-0.1, -0.05) is 163 Å². The maximum atomic E-state index is 12.8. The number of rotatable bonds is 45. The topological polar surface area (TPSA) is 155 Å². The van der Waals surface area contributed by atoms with Crippen molar-refractivity contribution in [2.75, 3.05) is 26.4 Å². The number of carbonyl (C=O) groups excluding carboxylic acids is 3. The highest BCUT2D eigenvalue weighted by Gasteiger charge is 2.28. The Hall–Kier alpha value is -3.60. The molecule has 0 amide bonds. The highest BCUT2D eigenvalue weighted by Crippen LogP contribution is 2.43. The van der Waals surface area contributed by atoms with Crippen molar-refractivity contribution in [3.05, 3.63) is 97.2 Å². The van der Waals surface area contributed by atoms with Gasteiger partial charge in [-0.15, -0.1) is 0 Å². The second-order valence-electron chi connectivity index (χ2n) is 16.2. The molecule has 0 aliphatic heterocycles. The summed E-state index contributed by atoms with van der Waals surface area (Å²) in [4.78, 5) is 48.2. The van der Waals surface area contributed by atoms with Gasteiger partial charge in [0.15, 0.2) is 6.10 Å². The zero-order chi connectivity index (χ0) is 48.4. The summed E-state index contributed by atoms with van der Waals surface area (Å²) in [5, 5.41) is 9.76. The highest BCUT2D eigenvalue weighted by molar-refractivity contribution is 7.47. The van der Waals surface area contributed by atoms with Crippen LogP contribution >= 0.6 is 7.82 Å². The molecule has 0 aromatic carbocycles. The molecule has 3 atom stereocenters. The molecule has 376 valence electrons. The highest BCUT2D eigenvalue weighted by atomic mass is 31.2. The van der Waals surface area contributed by atoms with Crippen molar-refractivity contribution in [2.45, 2.75) is 200 Å². The van der Waals surface area contributed by atoms with Crippen molar-refractivity contribution in [2.24, 2.45) is 0 Å². The number of phosphoric acid groups is 1. The van der Waals surface area contributed by atoms with Crippen molar-refractivity contribution in [3.63, 3.8) is 0 Å². The molecule has 12 heteroatoms. The minimum absolute atomic E-state index is 0.0941. The molecule has 0 fully saturated rings. The van der Waals surface area contributed by atoms with Crippen LogP contribution in [0.2, 0.25) is 0 Å². The molecular weight excluding hydrogens is 856 g/mol. The minimum atomic E-state index is -4.77. The van der Waals surface area contributed by atoms with Crippen LogP contribution in [0.25, 0.3) is 0 Å². The molecular formula is C54H89O11P. The Bertz CT molecular complexity index is 1480. The molecule has 0 aliphatic rings. The van der Waals surface area contributed by atoms with Crippen LogP contribution in [0.3, 0.4) is 0 Å². The number of esters is 3. The van der Waals surface area contributed by atoms with E-state index < -0.39 is 57.8 Å². The van der Waals surface area contributed by atoms with E-state index in [0.29, 0.717) is 19.3 Å². The van der Waals surface area contributed by atoms with E-state index in [4.69, 9.17) is 23.3 Å². The largest absolute Gasteiger partial charge is 0.472 e. The summed E-state index contributed by atoms with van der Waals surface area (Å²) in [6.07, 6.45) is 54.0. The van der Waals surface area contributed by atoms with Crippen LogP contribution in [-0.4, -0.2) is 66.5 Å². The van der Waals surface area contributed by atoms with Gasteiger partial charge in [-0.3, -0.25) is 23.4 Å². The molecule has 2 N–H and O–H groups in total. The third kappa shape index (κ3) is 45.6. The van der Waals surface area contributed by atoms with Gasteiger partial charge in [0, 0.05) is 19.3 Å². The van der Waals surface area contributed by atoms with Gasteiger partial charge in [-0.25, -0.2) is 4.57 Å². The normalized spacial score (nSPS) is 14.3. The molecule has 0 rings (SSSR count). The third-order valence-corrected chi connectivity index (χ3v) is 10.9. The van der Waals surface area contributed by atoms with Gasteiger partial charge in [-0.2, -0.15) is 0 Å². The van der Waals surface area contributed by atoms with Crippen molar-refractivity contribution >= 4 is 25.7 Å². The van der Waals surface area contributed by atoms with Crippen molar-refractivity contribution in [1.82, 2.24) is 0 Å². The molecule has 11 nitrogen and oxygen atoms in total. The fraction of sp³-hybridized carbons (Fsp3) is 0.648. The monoisotopic (exact) mass is 945 g/mol. The van der Waals surface area contributed by atoms with Gasteiger partial charge in [0.1, 0.15) is 12.7 Å². The van der Waals surface area contributed by atoms with Crippen LogP contribution in [0.5, 0.6) is 0 Å². The van der Waals surface area contributed by atoms with Crippen LogP contribution in [0.1, 0.15) is 188 Å². The second kappa shape index (κ2) is 47.9. The van der Waals surface area contributed by atoms with Gasteiger partial charge < -0.3 is 24.2 Å². The van der Waals surface area contributed by atoms with Crippen molar-refractivity contribution in [3.8, 4) is 0 Å². The Labute approximate surface area is 400 Å². The number of hydrogen-bond donors (Lipinski definition) is 2. The van der Waals surface area contributed by atoms with E-state index in [1.165, 1.54) is 25.7 Å². The first kappa shape index (κ1) is 62.4. The van der Waals surface area contributed by atoms with Gasteiger partial charge in [0.25, 0.3) is 0 Å². The molecule has 0 aliphatic carbocycles. The lowest BCUT2D eigenvalue weighted by Gasteiger charge is -2.21. The quantitative estimate of drug-likeness (QED) is 0.0197. The lowest BCUT2D eigenvalue weighted by molar-refractivity contribution is -0.161. The number of hydrogen-bond acceptors (Lipinski definition) is 10. The van der Waals surface area contributed by atoms with Crippen LogP contribution in [0.4, 0.5) is 0 Å². The maximum absolute atomic E-state index is 12.8. The molecule has 66 heavy (non-hydrogen) atoms. The SMILES string of the molecule is CC/C=C\C/C=C\C/C=C\C/C=C\CCC(=O)OCC(COP(=O)(O)OCC(CO)OC(=O)CCCCCCC/C=C\CCCCCC)OC(=O)CCCCC/C=C\C/C=C\C/C=C\CC. The number of aliphatic hydroxyl groups is 1. The molecule has 0 heterocycles. The number of phosphoric ester groups is 1. The van der Waals surface area contributed by atoms with E-state index in [1.807, 2.05) is 12.2 Å². The molecule has 0 aromatic rings. The van der Waals surface area contributed by atoms with E-state index in [1.54, 1.807) is 0 Å². The summed E-state index contributed by atoms with van der Waals surface area (Å²) in [7, 11) is -4.77. The Kier molecular flexibility index (Phi) is 45.3. The predicted molar refractivity (Wildman–Crippen MR) is 270 cm³/mol. The van der Waals surface area contributed by atoms with Gasteiger partial charge in [-0.05, 0) is 103 Å². The number of allylic oxidation sites excluding steroid dienone is 16. The molecule has 0 saturated carbocycles. The number of carbonyl (C=O) groups is 3. The predicted octanol–water partition coefficient (Wildman–Crippen LogP) is 14.1. The third-order valence-electron chi connectivity index (χ3n) is 9.99. The zero-order valence-corrected chi connectivity index (χ0v) is 42.0. The van der Waals surface area contributed by atoms with Crippen LogP contribution in [0, 0.1) is 0 Å². The van der Waals surface area contributed by atoms with Crippen molar-refractivity contribution in [1.29, 1.82) is 0 Å². The Morgan fingerprint density at radius 3 is 1.30 bits per heavy atom. The summed E-state index contributed by atoms with van der Waals surface area (Å²) in [5.74, 6) is -1.62. The molecule has 3 unspecified atom stereocenters. The van der Waals surface area contributed by atoms with E-state index in [9.17, 15) is 28.9 Å². The zero-order valence-electron chi connectivity index (χ0n) is 41.1. The van der Waals surface area contributed by atoms with E-state index in [2.05, 4.69) is 106 Å². The van der Waals surface area contributed by atoms with Crippen LogP contribution in [-0.2, 0) is 42.2 Å². The molecule has 0 bridgehead atoms. The van der Waals surface area contributed by atoms with Gasteiger partial charge in [0.05, 0.1) is 19.8 Å². The fourth-order valence-corrected chi connectivity index (χ4v) is 6.98. The second-order valence-corrected chi connectivity index (χ2v) is 17.7. The van der Waals surface area contributed by atoms with Gasteiger partial charge >= 0.3 is 25.7 Å². The fourth-order valence-electron chi connectivity index (χ4n) is 6.20. The lowest BCUT2D eigenvalue weighted by Crippen LogP contribution is -2.30. The summed E-state index contributed by atoms with van der Waals surface area (Å²) >= 11 is 0. The van der Waals surface area contributed by atoms with Crippen molar-refractivity contribution < 1.29 is 52.2 Å². The van der Waals surface area contributed by atoms with Gasteiger partial charge in [0.2, 0.25) is 0 Å². The molecule has 0 spiro atoms. The number of unbranched alkanes of at least 4 members (excludes halogenated alkanes) is 12. The Balaban J connectivity index is 4.88. The molecule has 0 radical (unpaired) electrons. The lowest BCUT2D eigenvalue weighted by atomic mass is 10.1. The van der Waals surface area contributed by atoms with Crippen LogP contribution < -0.4 is 0 Å². The van der Waals surface area contributed by atoms with E-state index >= 15 is 0 Å². The summed E-state index contributed by atoms with van der Waals surface area (Å²) in [6.45, 7) is 4.23. The Morgan fingerprint density at radius 2 is 0.818 bits per heavy atom. The number of ether oxygens (including phenoxy) is 3. The average Bonchev–Trinajstić information content (AvgIpc) is 3.30.